The predicted molar refractivity (Wildman–Crippen MR) is 109 cm³/mol. The van der Waals surface area contributed by atoms with E-state index in [1.165, 1.54) is 13.3 Å². The maximum Gasteiger partial charge on any atom is 0.261 e. The van der Waals surface area contributed by atoms with Gasteiger partial charge >= 0.3 is 0 Å². The molecule has 1 aromatic heterocycles. The number of nitrogens with one attached hydrogen (secondary N) is 1. The van der Waals surface area contributed by atoms with Gasteiger partial charge in [0.1, 0.15) is 5.75 Å². The maximum atomic E-state index is 12.6. The number of benzene rings is 2. The zero-order valence-corrected chi connectivity index (χ0v) is 17.0. The molecule has 0 saturated carbocycles. The monoisotopic (exact) mass is 438 g/mol. The van der Waals surface area contributed by atoms with Crippen molar-refractivity contribution in [2.45, 2.75) is 11.4 Å². The van der Waals surface area contributed by atoms with Crippen LogP contribution in [0.1, 0.15) is 5.56 Å². The molecule has 0 amide bonds. The fraction of sp³-hybridized carbons (Fsp3) is 0.111. The van der Waals surface area contributed by atoms with E-state index in [0.717, 1.165) is 5.56 Å². The van der Waals surface area contributed by atoms with E-state index in [-0.39, 0.29) is 22.6 Å². The van der Waals surface area contributed by atoms with Gasteiger partial charge in [-0.05, 0) is 29.8 Å². The summed E-state index contributed by atoms with van der Waals surface area (Å²) in [5.41, 5.74) is 6.56. The summed E-state index contributed by atoms with van der Waals surface area (Å²) in [7, 11) is -0.297. The molecule has 0 bridgehead atoms. The van der Waals surface area contributed by atoms with E-state index in [0.29, 0.717) is 22.2 Å². The van der Waals surface area contributed by atoms with Gasteiger partial charge in [-0.25, -0.2) is 9.19 Å². The van der Waals surface area contributed by atoms with Crippen molar-refractivity contribution in [3.63, 3.8) is 0 Å². The van der Waals surface area contributed by atoms with Crippen LogP contribution in [0.2, 0.25) is 10.0 Å². The van der Waals surface area contributed by atoms with Crippen molar-refractivity contribution in [2.24, 2.45) is 5.73 Å². The number of halogens is 2. The summed E-state index contributed by atoms with van der Waals surface area (Å²) in [6.07, 6.45) is 1.39. The summed E-state index contributed by atoms with van der Waals surface area (Å²) >= 11 is 12.1. The number of hydrogen-bond acceptors (Lipinski definition) is 6. The Balaban J connectivity index is 1.79. The van der Waals surface area contributed by atoms with Crippen LogP contribution in [-0.2, 0) is 17.5 Å². The molecule has 0 aliphatic carbocycles. The van der Waals surface area contributed by atoms with Gasteiger partial charge in [0.05, 0.1) is 28.2 Å². The second-order valence-corrected chi connectivity index (χ2v) is 7.41. The molecule has 3 rings (SSSR count). The number of ether oxygens (including phenoxy) is 2. The smallest absolute Gasteiger partial charge is 0.261 e. The van der Waals surface area contributed by atoms with Gasteiger partial charge in [-0.15, -0.1) is 0 Å². The maximum absolute atomic E-state index is 12.6. The molecule has 3 N–H and O–H groups in total. The lowest BCUT2D eigenvalue weighted by Gasteiger charge is -2.12. The number of nitrogens with zero attached hydrogens (tertiary/aromatic N) is 2. The van der Waals surface area contributed by atoms with E-state index in [2.05, 4.69) is 14.7 Å². The average Bonchev–Trinajstić information content (AvgIpc) is 2.71. The average molecular weight is 439 g/mol. The molecule has 1 heterocycles. The number of hydrogen-bond donors (Lipinski definition) is 2. The second kappa shape index (κ2) is 9.20. The van der Waals surface area contributed by atoms with E-state index in [1.807, 2.05) is 12.1 Å². The minimum atomic E-state index is -1.72. The van der Waals surface area contributed by atoms with Gasteiger partial charge < -0.3 is 15.2 Å². The van der Waals surface area contributed by atoms with Gasteiger partial charge in [0.25, 0.3) is 5.88 Å². The summed E-state index contributed by atoms with van der Waals surface area (Å²) in [6, 6.07) is 12.1. The molecule has 0 fully saturated rings. The summed E-state index contributed by atoms with van der Waals surface area (Å²) in [5, 5.41) is 0.500. The molecule has 1 atom stereocenters. The Kier molecular flexibility index (Phi) is 6.69. The molecule has 28 heavy (non-hydrogen) atoms. The molecule has 7 nitrogen and oxygen atoms in total. The van der Waals surface area contributed by atoms with E-state index >= 15 is 0 Å². The minimum Gasteiger partial charge on any atom is -0.478 e. The molecular formula is C18H16Cl2N4O3S. The van der Waals surface area contributed by atoms with Crippen molar-refractivity contribution in [1.29, 1.82) is 0 Å². The van der Waals surface area contributed by atoms with Gasteiger partial charge in [-0.2, -0.15) is 4.98 Å². The fourth-order valence-corrected chi connectivity index (χ4v) is 3.67. The first-order valence-electron chi connectivity index (χ1n) is 8.02. The Morgan fingerprint density at radius 3 is 2.61 bits per heavy atom. The fourth-order valence-electron chi connectivity index (χ4n) is 2.20. The highest BCUT2D eigenvalue weighted by molar-refractivity contribution is 7.86. The first-order chi connectivity index (χ1) is 13.5. The Morgan fingerprint density at radius 2 is 1.93 bits per heavy atom. The normalized spacial score (nSPS) is 11.7. The van der Waals surface area contributed by atoms with Crippen LogP contribution in [0.15, 0.2) is 53.6 Å². The topological polar surface area (TPSA) is 99.4 Å². The summed E-state index contributed by atoms with van der Waals surface area (Å²) < 4.78 is 26.2. The van der Waals surface area contributed by atoms with Crippen LogP contribution < -0.4 is 19.9 Å². The first kappa shape index (κ1) is 20.3. The van der Waals surface area contributed by atoms with Crippen molar-refractivity contribution < 1.29 is 13.7 Å². The van der Waals surface area contributed by atoms with Gasteiger partial charge in [0.2, 0.25) is 11.7 Å². The molecule has 3 aromatic rings. The Hall–Kier alpha value is -2.39. The van der Waals surface area contributed by atoms with Crippen molar-refractivity contribution in [3.8, 4) is 17.5 Å². The Morgan fingerprint density at radius 1 is 1.18 bits per heavy atom. The lowest BCUT2D eigenvalue weighted by Crippen LogP contribution is -2.09. The second-order valence-electron chi connectivity index (χ2n) is 5.44. The third-order valence-electron chi connectivity index (χ3n) is 3.60. The van der Waals surface area contributed by atoms with Crippen molar-refractivity contribution >= 4 is 40.0 Å². The largest absolute Gasteiger partial charge is 0.478 e. The van der Waals surface area contributed by atoms with Crippen LogP contribution in [0.3, 0.4) is 0 Å². The van der Waals surface area contributed by atoms with Gasteiger partial charge in [-0.1, -0.05) is 41.4 Å². The van der Waals surface area contributed by atoms with Crippen LogP contribution in [0.25, 0.3) is 0 Å². The molecular weight excluding hydrogens is 423 g/mol. The van der Waals surface area contributed by atoms with Crippen LogP contribution in [0.5, 0.6) is 17.5 Å². The number of nitrogens with two attached hydrogens (primary N) is 1. The molecule has 0 aliphatic rings. The number of aromatic nitrogens is 2. The van der Waals surface area contributed by atoms with Gasteiger partial charge in [0.15, 0.2) is 11.0 Å². The Bertz CT molecular complexity index is 1000. The quantitative estimate of drug-likeness (QED) is 0.573. The zero-order valence-electron chi connectivity index (χ0n) is 14.7. The molecule has 0 aliphatic heterocycles. The molecule has 146 valence electrons. The van der Waals surface area contributed by atoms with E-state index in [9.17, 15) is 4.21 Å². The van der Waals surface area contributed by atoms with Crippen molar-refractivity contribution in [3.05, 3.63) is 64.3 Å². The molecule has 0 radical (unpaired) electrons. The molecule has 10 heteroatoms. The summed E-state index contributed by atoms with van der Waals surface area (Å²) in [5.74, 6) is 1.07. The molecule has 1 unspecified atom stereocenters. The lowest BCUT2D eigenvalue weighted by molar-refractivity contribution is 0.382. The summed E-state index contributed by atoms with van der Waals surface area (Å²) in [6.45, 7) is 0.446. The van der Waals surface area contributed by atoms with Crippen molar-refractivity contribution in [1.82, 2.24) is 9.97 Å². The van der Waals surface area contributed by atoms with Crippen LogP contribution >= 0.6 is 23.2 Å². The third-order valence-corrected chi connectivity index (χ3v) is 5.65. The third kappa shape index (κ3) is 4.71. The van der Waals surface area contributed by atoms with Crippen LogP contribution in [0, 0.1) is 0 Å². The highest BCUT2D eigenvalue weighted by Crippen LogP contribution is 2.30. The molecule has 0 spiro atoms. The lowest BCUT2D eigenvalue weighted by atomic mass is 10.2. The Labute approximate surface area is 174 Å². The summed E-state index contributed by atoms with van der Waals surface area (Å²) in [4.78, 5) is 8.73. The zero-order chi connectivity index (χ0) is 20.1. The SMILES string of the molecule is COc1nc(Oc2ccc(CN)cc2)cnc1NS(=O)c1cccc(Cl)c1Cl. The standard InChI is InChI=1S/C18H16Cl2N4O3S/c1-26-18-17(24-28(25)14-4-2-3-13(19)16(14)20)22-10-15(23-18)27-12-7-5-11(9-21)6-8-12/h2-8,10H,9,21H2,1H3,(H,22,24). The van der Waals surface area contributed by atoms with Crippen LogP contribution in [0.4, 0.5) is 5.82 Å². The molecule has 2 aromatic carbocycles. The first-order valence-corrected chi connectivity index (χ1v) is 9.92. The molecule has 0 saturated heterocycles. The van der Waals surface area contributed by atoms with Gasteiger partial charge in [0, 0.05) is 6.54 Å². The highest BCUT2D eigenvalue weighted by Gasteiger charge is 2.16. The highest BCUT2D eigenvalue weighted by atomic mass is 35.5. The predicted octanol–water partition coefficient (Wildman–Crippen LogP) is 4.18. The van der Waals surface area contributed by atoms with E-state index < -0.39 is 11.0 Å². The van der Waals surface area contributed by atoms with Gasteiger partial charge in [-0.3, -0.25) is 4.72 Å². The van der Waals surface area contributed by atoms with Crippen molar-refractivity contribution in [2.75, 3.05) is 11.8 Å². The number of anilines is 1. The van der Waals surface area contributed by atoms with E-state index in [1.54, 1.807) is 30.3 Å². The van der Waals surface area contributed by atoms with Crippen LogP contribution in [-0.4, -0.2) is 21.3 Å². The van der Waals surface area contributed by atoms with E-state index in [4.69, 9.17) is 38.4 Å². The minimum absolute atomic E-state index is 0.113. The number of methoxy groups -OCH3 is 1. The number of rotatable bonds is 7.